The molecule has 28 heavy (non-hydrogen) atoms. The monoisotopic (exact) mass is 421 g/mol. The summed E-state index contributed by atoms with van der Waals surface area (Å²) in [5, 5.41) is 7.26. The van der Waals surface area contributed by atoms with Crippen LogP contribution in [0.3, 0.4) is 0 Å². The molecule has 0 saturated heterocycles. The average molecular weight is 422 g/mol. The van der Waals surface area contributed by atoms with Gasteiger partial charge >= 0.3 is 6.18 Å². The summed E-state index contributed by atoms with van der Waals surface area (Å²) in [6, 6.07) is 7.45. The van der Waals surface area contributed by atoms with E-state index in [0.717, 1.165) is 5.56 Å². The number of aromatic nitrogens is 2. The number of hydrogen-bond acceptors (Lipinski definition) is 3. The van der Waals surface area contributed by atoms with Crippen LogP contribution in [0.25, 0.3) is 0 Å². The Labute approximate surface area is 167 Å². The molecule has 1 N–H and O–H groups in total. The Balaban J connectivity index is 0.00000280. The second-order valence-electron chi connectivity index (χ2n) is 7.06. The third kappa shape index (κ3) is 4.97. The summed E-state index contributed by atoms with van der Waals surface area (Å²) in [5.41, 5.74) is -0.420. The first-order valence-electron chi connectivity index (χ1n) is 8.98. The summed E-state index contributed by atoms with van der Waals surface area (Å²) >= 11 is 0. The third-order valence-electron chi connectivity index (χ3n) is 5.07. The predicted octanol–water partition coefficient (Wildman–Crippen LogP) is 4.87. The van der Waals surface area contributed by atoms with Gasteiger partial charge in [0.2, 0.25) is 5.88 Å². The second-order valence-corrected chi connectivity index (χ2v) is 7.06. The summed E-state index contributed by atoms with van der Waals surface area (Å²) in [6.07, 6.45) is -2.94. The molecule has 0 unspecified atom stereocenters. The van der Waals surface area contributed by atoms with Gasteiger partial charge in [-0.1, -0.05) is 25.0 Å². The highest BCUT2D eigenvalue weighted by Crippen LogP contribution is 2.51. The molecule has 0 bridgehead atoms. The molecule has 9 heteroatoms. The summed E-state index contributed by atoms with van der Waals surface area (Å²) in [5.74, 6) is -0.0615. The highest BCUT2D eigenvalue weighted by atomic mass is 35.5. The summed E-state index contributed by atoms with van der Waals surface area (Å²) < 4.78 is 61.3. The highest BCUT2D eigenvalue weighted by Gasteiger charge is 2.56. The van der Waals surface area contributed by atoms with Gasteiger partial charge in [0.1, 0.15) is 12.4 Å². The van der Waals surface area contributed by atoms with Crippen molar-refractivity contribution >= 4 is 12.4 Å². The van der Waals surface area contributed by atoms with Gasteiger partial charge in [-0.25, -0.2) is 9.07 Å². The van der Waals surface area contributed by atoms with Crippen LogP contribution in [0.15, 0.2) is 30.3 Å². The lowest BCUT2D eigenvalue weighted by atomic mass is 9.85. The molecule has 1 aliphatic carbocycles. The standard InChI is InChI=1S/C19H23F4N3O.ClH/c1-24-11-16-10-17(27-12-14-4-6-15(20)7-5-14)26(25-16)13-18(19(21,22)23)8-2-3-9-18;/h4-7,10,24H,2-3,8-9,11-13H2,1H3;1H. The van der Waals surface area contributed by atoms with Gasteiger partial charge in [-0.05, 0) is 37.6 Å². The zero-order chi connectivity index (χ0) is 19.5. The first-order chi connectivity index (χ1) is 12.8. The normalized spacial score (nSPS) is 16.0. The van der Waals surface area contributed by atoms with Crippen molar-refractivity contribution in [3.8, 4) is 5.88 Å². The van der Waals surface area contributed by atoms with E-state index in [0.29, 0.717) is 31.0 Å². The van der Waals surface area contributed by atoms with Crippen LogP contribution in [0.4, 0.5) is 17.6 Å². The quantitative estimate of drug-likeness (QED) is 0.648. The zero-order valence-corrected chi connectivity index (χ0v) is 16.4. The van der Waals surface area contributed by atoms with E-state index in [1.165, 1.54) is 16.8 Å². The fourth-order valence-electron chi connectivity index (χ4n) is 3.55. The van der Waals surface area contributed by atoms with Crippen molar-refractivity contribution in [3.63, 3.8) is 0 Å². The van der Waals surface area contributed by atoms with Gasteiger partial charge < -0.3 is 10.1 Å². The van der Waals surface area contributed by atoms with Crippen molar-refractivity contribution in [2.45, 2.75) is 51.6 Å². The van der Waals surface area contributed by atoms with Crippen LogP contribution in [0, 0.1) is 11.2 Å². The van der Waals surface area contributed by atoms with Crippen LogP contribution in [0.1, 0.15) is 36.9 Å². The maximum Gasteiger partial charge on any atom is 0.396 e. The lowest BCUT2D eigenvalue weighted by Gasteiger charge is -2.31. The zero-order valence-electron chi connectivity index (χ0n) is 15.6. The average Bonchev–Trinajstić information content (AvgIpc) is 3.23. The first kappa shape index (κ1) is 22.5. The minimum Gasteiger partial charge on any atom is -0.473 e. The van der Waals surface area contributed by atoms with Crippen molar-refractivity contribution in [3.05, 3.63) is 47.4 Å². The SMILES string of the molecule is CNCc1cc(OCc2ccc(F)cc2)n(CC2(C(F)(F)F)CCCC2)n1.Cl. The molecule has 0 amide bonds. The summed E-state index contributed by atoms with van der Waals surface area (Å²) in [4.78, 5) is 0. The van der Waals surface area contributed by atoms with Gasteiger partial charge in [-0.15, -0.1) is 12.4 Å². The number of nitrogens with one attached hydrogen (secondary N) is 1. The van der Waals surface area contributed by atoms with Gasteiger partial charge in [0, 0.05) is 12.6 Å². The van der Waals surface area contributed by atoms with Crippen LogP contribution in [0.5, 0.6) is 5.88 Å². The molecular weight excluding hydrogens is 398 g/mol. The Morgan fingerprint density at radius 3 is 2.39 bits per heavy atom. The van der Waals surface area contributed by atoms with E-state index in [9.17, 15) is 17.6 Å². The second kappa shape index (κ2) is 9.13. The third-order valence-corrected chi connectivity index (χ3v) is 5.07. The fraction of sp³-hybridized carbons (Fsp3) is 0.526. The largest absolute Gasteiger partial charge is 0.473 e. The van der Waals surface area contributed by atoms with Crippen LogP contribution >= 0.6 is 12.4 Å². The van der Waals surface area contributed by atoms with Gasteiger partial charge in [-0.3, -0.25) is 0 Å². The molecule has 1 aliphatic rings. The topological polar surface area (TPSA) is 39.1 Å². The molecule has 2 aromatic rings. The molecule has 156 valence electrons. The van der Waals surface area contributed by atoms with E-state index in [-0.39, 0.29) is 44.2 Å². The molecule has 0 atom stereocenters. The lowest BCUT2D eigenvalue weighted by Crippen LogP contribution is -2.39. The Bertz CT molecular complexity index is 756. The van der Waals surface area contributed by atoms with Crippen molar-refractivity contribution in [1.29, 1.82) is 0 Å². The van der Waals surface area contributed by atoms with Crippen molar-refractivity contribution in [1.82, 2.24) is 15.1 Å². The van der Waals surface area contributed by atoms with E-state index >= 15 is 0 Å². The molecule has 1 aromatic heterocycles. The minimum absolute atomic E-state index is 0. The van der Waals surface area contributed by atoms with E-state index in [1.807, 2.05) is 0 Å². The lowest BCUT2D eigenvalue weighted by molar-refractivity contribution is -0.228. The van der Waals surface area contributed by atoms with Crippen molar-refractivity contribution < 1.29 is 22.3 Å². The Kier molecular flexibility index (Phi) is 7.33. The number of ether oxygens (including phenoxy) is 1. The van der Waals surface area contributed by atoms with E-state index in [1.54, 1.807) is 25.2 Å². The Morgan fingerprint density at radius 2 is 1.82 bits per heavy atom. The molecule has 3 rings (SSSR count). The maximum absolute atomic E-state index is 13.7. The van der Waals surface area contributed by atoms with Crippen molar-refractivity contribution in [2.75, 3.05) is 7.05 Å². The van der Waals surface area contributed by atoms with Gasteiger partial charge in [0.25, 0.3) is 0 Å². The number of halogens is 5. The number of benzene rings is 1. The van der Waals surface area contributed by atoms with Gasteiger partial charge in [0.05, 0.1) is 17.7 Å². The number of nitrogens with zero attached hydrogens (tertiary/aromatic N) is 2. The van der Waals surface area contributed by atoms with E-state index in [4.69, 9.17) is 4.74 Å². The first-order valence-corrected chi connectivity index (χ1v) is 8.98. The fourth-order valence-corrected chi connectivity index (χ4v) is 3.55. The molecule has 4 nitrogen and oxygen atoms in total. The summed E-state index contributed by atoms with van der Waals surface area (Å²) in [7, 11) is 1.74. The summed E-state index contributed by atoms with van der Waals surface area (Å²) in [6.45, 7) is 0.307. The van der Waals surface area contributed by atoms with Crippen LogP contribution in [-0.2, 0) is 19.7 Å². The van der Waals surface area contributed by atoms with E-state index in [2.05, 4.69) is 10.4 Å². The minimum atomic E-state index is -4.28. The Hall–Kier alpha value is -1.80. The van der Waals surface area contributed by atoms with E-state index < -0.39 is 11.6 Å². The molecule has 0 spiro atoms. The highest BCUT2D eigenvalue weighted by molar-refractivity contribution is 5.85. The molecule has 0 radical (unpaired) electrons. The molecule has 0 aliphatic heterocycles. The van der Waals surface area contributed by atoms with Gasteiger partial charge in [-0.2, -0.15) is 18.3 Å². The number of rotatable bonds is 7. The van der Waals surface area contributed by atoms with Crippen LogP contribution in [0.2, 0.25) is 0 Å². The Morgan fingerprint density at radius 1 is 1.18 bits per heavy atom. The molecule has 1 fully saturated rings. The van der Waals surface area contributed by atoms with Crippen molar-refractivity contribution in [2.24, 2.45) is 5.41 Å². The van der Waals surface area contributed by atoms with Crippen LogP contribution < -0.4 is 10.1 Å². The molecule has 1 saturated carbocycles. The van der Waals surface area contributed by atoms with Crippen LogP contribution in [-0.4, -0.2) is 23.0 Å². The molecule has 1 heterocycles. The predicted molar refractivity (Wildman–Crippen MR) is 99.9 cm³/mol. The number of alkyl halides is 3. The number of hydrogen-bond donors (Lipinski definition) is 1. The molecule has 1 aromatic carbocycles. The smallest absolute Gasteiger partial charge is 0.396 e. The van der Waals surface area contributed by atoms with Gasteiger partial charge in [0.15, 0.2) is 0 Å². The maximum atomic E-state index is 13.7. The molecular formula is C19H24ClF4N3O.